The van der Waals surface area contributed by atoms with Crippen LogP contribution in [0.2, 0.25) is 0 Å². The van der Waals surface area contributed by atoms with E-state index < -0.39 is 18.3 Å². The Morgan fingerprint density at radius 3 is 2.64 bits per heavy atom. The molecule has 0 atom stereocenters. The number of rotatable bonds is 4. The summed E-state index contributed by atoms with van der Waals surface area (Å²) in [5, 5.41) is 41.6. The van der Waals surface area contributed by atoms with Crippen LogP contribution in [0.5, 0.6) is 5.75 Å². The molecule has 0 fully saturated rings. The largest absolute Gasteiger partial charge is 3.00 e. The monoisotopic (exact) mass is 352 g/mol. The molecular formula is C14H11GaN4O3. The molecule has 0 saturated heterocycles. The van der Waals surface area contributed by atoms with E-state index in [9.17, 15) is 15.3 Å². The van der Waals surface area contributed by atoms with Crippen LogP contribution in [0, 0.1) is 6.92 Å². The van der Waals surface area contributed by atoms with E-state index in [-0.39, 0.29) is 36.6 Å². The van der Waals surface area contributed by atoms with E-state index in [0.29, 0.717) is 5.56 Å². The molecule has 0 bridgehead atoms. The normalized spacial score (nSPS) is 11.5. The van der Waals surface area contributed by atoms with Crippen LogP contribution in [-0.4, -0.2) is 41.9 Å². The number of aryl methyl sites for hydroxylation is 1. The summed E-state index contributed by atoms with van der Waals surface area (Å²) in [6, 6.07) is 3.00. The van der Waals surface area contributed by atoms with E-state index in [0.717, 1.165) is 6.21 Å². The molecule has 0 aromatic carbocycles. The van der Waals surface area contributed by atoms with Gasteiger partial charge in [-0.1, -0.05) is 5.75 Å². The second kappa shape index (κ2) is 8.32. The summed E-state index contributed by atoms with van der Waals surface area (Å²) < 4.78 is 0. The van der Waals surface area contributed by atoms with Gasteiger partial charge in [-0.2, -0.15) is 10.2 Å². The first-order valence-electron chi connectivity index (χ1n) is 6.05. The Balaban J connectivity index is 0.00000242. The summed E-state index contributed by atoms with van der Waals surface area (Å²) in [7, 11) is 0. The van der Waals surface area contributed by atoms with Crippen molar-refractivity contribution >= 4 is 31.9 Å². The summed E-state index contributed by atoms with van der Waals surface area (Å²) in [5.74, 6) is -0.950. The average Bonchev–Trinajstić information content (AvgIpc) is 2.52. The standard InChI is InChI=1S/C14H13N4O3.Ga/c1-9-13(20)12(11(8-19)6-16-9)7-17-18-14(21)10-2-4-15-5-3-10;/h2-7,20H,8H2,1H3,(H,18,21);/q-1;+3/p-2/b17-7+;. The van der Waals surface area contributed by atoms with Crippen LogP contribution in [-0.2, 0) is 6.61 Å². The van der Waals surface area contributed by atoms with E-state index in [4.69, 9.17) is 0 Å². The van der Waals surface area contributed by atoms with Gasteiger partial charge >= 0.3 is 19.8 Å². The fourth-order valence-electron chi connectivity index (χ4n) is 1.59. The van der Waals surface area contributed by atoms with Crippen LogP contribution in [0.1, 0.15) is 22.4 Å². The maximum Gasteiger partial charge on any atom is 3.00 e. The fourth-order valence-corrected chi connectivity index (χ4v) is 1.59. The smallest absolute Gasteiger partial charge is 0.871 e. The van der Waals surface area contributed by atoms with Crippen LogP contribution in [0.25, 0.3) is 0 Å². The fraction of sp³-hybridized carbons (Fsp3) is 0.143. The van der Waals surface area contributed by atoms with Crippen molar-refractivity contribution < 1.29 is 15.3 Å². The maximum absolute atomic E-state index is 11.9. The van der Waals surface area contributed by atoms with Gasteiger partial charge in [-0.05, 0) is 35.7 Å². The third kappa shape index (κ3) is 4.17. The molecule has 2 aromatic heterocycles. The zero-order valence-corrected chi connectivity index (χ0v) is 14.2. The Bertz CT molecular complexity index is 690. The number of hydrogen-bond donors (Lipinski definition) is 0. The van der Waals surface area contributed by atoms with Crippen molar-refractivity contribution in [3.63, 3.8) is 0 Å². The third-order valence-electron chi connectivity index (χ3n) is 2.75. The van der Waals surface area contributed by atoms with Crippen molar-refractivity contribution in [2.24, 2.45) is 10.2 Å². The summed E-state index contributed by atoms with van der Waals surface area (Å²) in [4.78, 5) is 7.61. The molecule has 0 aliphatic carbocycles. The second-order valence-electron chi connectivity index (χ2n) is 4.14. The van der Waals surface area contributed by atoms with E-state index in [2.05, 4.69) is 20.2 Å². The summed E-state index contributed by atoms with van der Waals surface area (Å²) >= 11 is 0. The van der Waals surface area contributed by atoms with Gasteiger partial charge < -0.3 is 15.3 Å². The molecule has 2 heterocycles. The van der Waals surface area contributed by atoms with Crippen LogP contribution >= 0.6 is 0 Å². The summed E-state index contributed by atoms with van der Waals surface area (Å²) in [5.41, 5.74) is 0.929. The van der Waals surface area contributed by atoms with E-state index in [1.165, 1.54) is 37.6 Å². The molecular weight excluding hydrogens is 342 g/mol. The Kier molecular flexibility index (Phi) is 6.77. The van der Waals surface area contributed by atoms with Gasteiger partial charge in [0.05, 0.1) is 6.21 Å². The van der Waals surface area contributed by atoms with Gasteiger partial charge in [0.1, 0.15) is 0 Å². The molecule has 0 aliphatic heterocycles. The molecule has 0 aliphatic rings. The van der Waals surface area contributed by atoms with Gasteiger partial charge in [-0.25, -0.2) is 0 Å². The molecule has 8 heteroatoms. The number of nitrogens with zero attached hydrogens (tertiary/aromatic N) is 4. The molecule has 0 saturated carbocycles. The van der Waals surface area contributed by atoms with Gasteiger partial charge in [-0.3, -0.25) is 9.97 Å². The molecule has 7 nitrogen and oxygen atoms in total. The molecule has 22 heavy (non-hydrogen) atoms. The van der Waals surface area contributed by atoms with Crippen molar-refractivity contribution in [2.75, 3.05) is 0 Å². The molecule has 2 rings (SSSR count). The predicted molar refractivity (Wildman–Crippen MR) is 76.2 cm³/mol. The summed E-state index contributed by atoms with van der Waals surface area (Å²) in [6.45, 7) is 0.940. The molecule has 2 aromatic rings. The van der Waals surface area contributed by atoms with Gasteiger partial charge in [0.2, 0.25) is 0 Å². The Hall–Kier alpha value is -2.16. The first kappa shape index (κ1) is 17.9. The SMILES string of the molecule is Cc1ncc(C[O-])c(/C=N/N=C(\[O-])c2ccncc2)c1[O-].[Ga+3]. The topological polar surface area (TPSA) is 120 Å². The minimum atomic E-state index is -0.595. The van der Waals surface area contributed by atoms with Gasteiger partial charge in [0.25, 0.3) is 0 Å². The molecule has 108 valence electrons. The van der Waals surface area contributed by atoms with Crippen molar-refractivity contribution in [3.05, 3.63) is 53.1 Å². The predicted octanol–water partition coefficient (Wildman–Crippen LogP) is -1.52. The third-order valence-corrected chi connectivity index (χ3v) is 2.75. The van der Waals surface area contributed by atoms with Gasteiger partial charge in [0, 0.05) is 30.2 Å². The minimum Gasteiger partial charge on any atom is -0.871 e. The number of pyridine rings is 2. The van der Waals surface area contributed by atoms with Crippen LogP contribution in [0.15, 0.2) is 40.9 Å². The van der Waals surface area contributed by atoms with Crippen LogP contribution in [0.3, 0.4) is 0 Å². The van der Waals surface area contributed by atoms with Crippen molar-refractivity contribution in [1.82, 2.24) is 9.97 Å². The summed E-state index contributed by atoms with van der Waals surface area (Å²) in [6.07, 6.45) is 5.37. The Morgan fingerprint density at radius 2 is 2.00 bits per heavy atom. The molecule has 0 radical (unpaired) electrons. The first-order chi connectivity index (χ1) is 10.1. The molecule has 0 unspecified atom stereocenters. The Morgan fingerprint density at radius 1 is 1.32 bits per heavy atom. The molecule has 0 N–H and O–H groups in total. The van der Waals surface area contributed by atoms with Crippen LogP contribution < -0.4 is 15.3 Å². The molecule has 0 spiro atoms. The van der Waals surface area contributed by atoms with Crippen LogP contribution in [0.4, 0.5) is 0 Å². The van der Waals surface area contributed by atoms with Crippen molar-refractivity contribution in [3.8, 4) is 5.75 Å². The van der Waals surface area contributed by atoms with Gasteiger partial charge in [0.15, 0.2) is 0 Å². The first-order valence-corrected chi connectivity index (χ1v) is 6.05. The van der Waals surface area contributed by atoms with E-state index in [1.807, 2.05) is 0 Å². The quantitative estimate of drug-likeness (QED) is 0.286. The Labute approximate surface area is 140 Å². The van der Waals surface area contributed by atoms with Gasteiger partial charge in [-0.15, -0.1) is 6.61 Å². The second-order valence-corrected chi connectivity index (χ2v) is 4.14. The van der Waals surface area contributed by atoms with Crippen molar-refractivity contribution in [1.29, 1.82) is 0 Å². The zero-order chi connectivity index (χ0) is 15.2. The zero-order valence-electron chi connectivity index (χ0n) is 11.8. The number of hydrogen-bond acceptors (Lipinski definition) is 7. The van der Waals surface area contributed by atoms with E-state index in [1.54, 1.807) is 0 Å². The van der Waals surface area contributed by atoms with E-state index >= 15 is 0 Å². The van der Waals surface area contributed by atoms with Crippen molar-refractivity contribution in [2.45, 2.75) is 13.5 Å². The maximum atomic E-state index is 11.9. The molecule has 0 amide bonds. The number of aromatic nitrogens is 2. The minimum absolute atomic E-state index is 0. The average molecular weight is 353 g/mol.